The molecule has 4 aromatic rings. The number of benzene rings is 3. The van der Waals surface area contributed by atoms with Crippen LogP contribution in [-0.4, -0.2) is 50.5 Å². The molecule has 168 valence electrons. The van der Waals surface area contributed by atoms with Gasteiger partial charge in [0.05, 0.1) is 29.5 Å². The van der Waals surface area contributed by atoms with Crippen LogP contribution in [0.2, 0.25) is 0 Å². The van der Waals surface area contributed by atoms with Crippen molar-refractivity contribution in [3.8, 4) is 0 Å². The number of hydrogen-bond donors (Lipinski definition) is 2. The third kappa shape index (κ3) is 4.32. The van der Waals surface area contributed by atoms with Gasteiger partial charge in [-0.05, 0) is 47.7 Å². The van der Waals surface area contributed by atoms with E-state index in [-0.39, 0.29) is 18.5 Å². The summed E-state index contributed by atoms with van der Waals surface area (Å²) in [4.78, 5) is 34.8. The van der Waals surface area contributed by atoms with Crippen LogP contribution in [0.5, 0.6) is 0 Å². The second-order valence-corrected chi connectivity index (χ2v) is 8.64. The molecule has 0 spiro atoms. The van der Waals surface area contributed by atoms with Gasteiger partial charge in [-0.1, -0.05) is 54.6 Å². The van der Waals surface area contributed by atoms with Gasteiger partial charge in [-0.15, -0.1) is 0 Å². The van der Waals surface area contributed by atoms with E-state index in [9.17, 15) is 14.8 Å². The molecule has 1 aliphatic heterocycles. The summed E-state index contributed by atoms with van der Waals surface area (Å²) < 4.78 is 0. The number of H-pyrrole nitrogens is 1. The first-order valence-corrected chi connectivity index (χ1v) is 11.3. The van der Waals surface area contributed by atoms with Crippen LogP contribution < -0.4 is 0 Å². The largest absolute Gasteiger partial charge is 0.340 e. The number of hydrogen-bond acceptors (Lipinski definition) is 4. The lowest BCUT2D eigenvalue weighted by molar-refractivity contribution is -0.157. The van der Waals surface area contributed by atoms with Crippen molar-refractivity contribution in [2.24, 2.45) is 5.92 Å². The lowest BCUT2D eigenvalue weighted by atomic mass is 9.97. The number of aromatic nitrogens is 2. The van der Waals surface area contributed by atoms with Gasteiger partial charge in [-0.2, -0.15) is 0 Å². The molecule has 2 amide bonds. The van der Waals surface area contributed by atoms with Crippen molar-refractivity contribution < 1.29 is 14.8 Å². The lowest BCUT2D eigenvalue weighted by Crippen LogP contribution is -2.41. The van der Waals surface area contributed by atoms with Crippen LogP contribution in [-0.2, 0) is 16.0 Å². The van der Waals surface area contributed by atoms with Crippen LogP contribution in [0.3, 0.4) is 0 Å². The van der Waals surface area contributed by atoms with Gasteiger partial charge in [0.2, 0.25) is 12.3 Å². The third-order valence-corrected chi connectivity index (χ3v) is 6.42. The van der Waals surface area contributed by atoms with Crippen molar-refractivity contribution in [3.05, 3.63) is 78.1 Å². The van der Waals surface area contributed by atoms with Gasteiger partial charge in [-0.3, -0.25) is 14.8 Å². The summed E-state index contributed by atoms with van der Waals surface area (Å²) >= 11 is 0. The molecule has 0 radical (unpaired) electrons. The molecule has 2 heterocycles. The van der Waals surface area contributed by atoms with E-state index in [4.69, 9.17) is 4.98 Å². The maximum atomic E-state index is 13.6. The molecule has 7 nitrogen and oxygen atoms in total. The Morgan fingerprint density at radius 3 is 2.64 bits per heavy atom. The zero-order valence-corrected chi connectivity index (χ0v) is 18.2. The van der Waals surface area contributed by atoms with Crippen molar-refractivity contribution in [1.82, 2.24) is 19.9 Å². The summed E-state index contributed by atoms with van der Waals surface area (Å²) in [7, 11) is 0. The lowest BCUT2D eigenvalue weighted by Gasteiger charge is -2.29. The molecule has 0 unspecified atom stereocenters. The molecular formula is C26H26N4O3. The molecular weight excluding hydrogens is 416 g/mol. The van der Waals surface area contributed by atoms with E-state index in [1.165, 1.54) is 0 Å². The van der Waals surface area contributed by atoms with Crippen LogP contribution in [0.15, 0.2) is 66.7 Å². The van der Waals surface area contributed by atoms with Crippen molar-refractivity contribution in [2.75, 3.05) is 13.1 Å². The van der Waals surface area contributed by atoms with Crippen LogP contribution >= 0.6 is 0 Å². The Balaban J connectivity index is 1.43. The van der Waals surface area contributed by atoms with E-state index < -0.39 is 5.92 Å². The Kier molecular flexibility index (Phi) is 5.79. The van der Waals surface area contributed by atoms with Crippen molar-refractivity contribution >= 4 is 34.1 Å². The Morgan fingerprint density at radius 2 is 1.88 bits per heavy atom. The van der Waals surface area contributed by atoms with Gasteiger partial charge < -0.3 is 9.88 Å². The Hall–Kier alpha value is -3.71. The van der Waals surface area contributed by atoms with Crippen molar-refractivity contribution in [1.29, 1.82) is 0 Å². The van der Waals surface area contributed by atoms with Gasteiger partial charge >= 0.3 is 0 Å². The molecule has 3 aromatic carbocycles. The topological polar surface area (TPSA) is 89.5 Å². The van der Waals surface area contributed by atoms with Gasteiger partial charge in [0.15, 0.2) is 0 Å². The normalized spacial score (nSPS) is 16.9. The minimum atomic E-state index is -0.546. The number of fused-ring (bicyclic) bond motifs is 2. The van der Waals surface area contributed by atoms with Crippen LogP contribution in [0.25, 0.3) is 21.8 Å². The molecule has 0 aliphatic carbocycles. The van der Waals surface area contributed by atoms with E-state index in [0.29, 0.717) is 24.4 Å². The van der Waals surface area contributed by atoms with E-state index >= 15 is 0 Å². The Morgan fingerprint density at radius 1 is 1.15 bits per heavy atom. The number of likely N-dealkylation sites (tertiary alicyclic amines) is 1. The second-order valence-electron chi connectivity index (χ2n) is 8.64. The molecule has 33 heavy (non-hydrogen) atoms. The summed E-state index contributed by atoms with van der Waals surface area (Å²) in [5.74, 6) is 0.156. The number of aromatic amines is 1. The highest BCUT2D eigenvalue weighted by Crippen LogP contribution is 2.34. The second kappa shape index (κ2) is 9.03. The average Bonchev–Trinajstić information content (AvgIpc) is 3.49. The highest BCUT2D eigenvalue weighted by molar-refractivity contribution is 5.95. The van der Waals surface area contributed by atoms with Crippen LogP contribution in [0, 0.1) is 5.92 Å². The zero-order valence-electron chi connectivity index (χ0n) is 18.2. The Bertz CT molecular complexity index is 1230. The molecule has 1 aromatic heterocycles. The molecule has 1 saturated heterocycles. The summed E-state index contributed by atoms with van der Waals surface area (Å²) in [5, 5.41) is 12.7. The summed E-state index contributed by atoms with van der Waals surface area (Å²) in [6.45, 7) is 0.576. The fourth-order valence-electron chi connectivity index (χ4n) is 4.82. The van der Waals surface area contributed by atoms with Crippen LogP contribution in [0.1, 0.15) is 30.3 Å². The standard InChI is InChI=1S/C26H26N4O3/c31-17-29(33)16-21(13-18-7-2-1-3-8-18)26(32)30-12-6-11-24(30)25-27-22-14-19-9-4-5-10-20(19)15-23(22)28-25/h1-5,7-10,14-15,17,21,24,33H,6,11-13,16H2,(H,27,28)/t21-,24-/m0/s1. The number of hydroxylamine groups is 2. The quantitative estimate of drug-likeness (QED) is 0.256. The highest BCUT2D eigenvalue weighted by atomic mass is 16.5. The Labute approximate surface area is 191 Å². The van der Waals surface area contributed by atoms with Gasteiger partial charge in [0.1, 0.15) is 5.82 Å². The van der Waals surface area contributed by atoms with E-state index in [0.717, 1.165) is 46.0 Å². The monoisotopic (exact) mass is 442 g/mol. The van der Waals surface area contributed by atoms with E-state index in [1.54, 1.807) is 0 Å². The molecule has 7 heteroatoms. The number of amides is 2. The first kappa shape index (κ1) is 21.2. The van der Waals surface area contributed by atoms with Crippen molar-refractivity contribution in [3.63, 3.8) is 0 Å². The smallest absolute Gasteiger partial charge is 0.233 e. The maximum absolute atomic E-state index is 13.6. The fourth-order valence-corrected chi connectivity index (χ4v) is 4.82. The minimum Gasteiger partial charge on any atom is -0.340 e. The van der Waals surface area contributed by atoms with Gasteiger partial charge in [-0.25, -0.2) is 10.0 Å². The van der Waals surface area contributed by atoms with Gasteiger partial charge in [0.25, 0.3) is 0 Å². The zero-order chi connectivity index (χ0) is 22.8. The highest BCUT2D eigenvalue weighted by Gasteiger charge is 2.36. The first-order chi connectivity index (χ1) is 16.1. The van der Waals surface area contributed by atoms with Crippen molar-refractivity contribution in [2.45, 2.75) is 25.3 Å². The average molecular weight is 443 g/mol. The van der Waals surface area contributed by atoms with E-state index in [1.807, 2.05) is 47.4 Å². The number of nitrogens with one attached hydrogen (secondary N) is 1. The van der Waals surface area contributed by atoms with Gasteiger partial charge in [0, 0.05) is 6.54 Å². The SMILES string of the molecule is O=CN(O)C[C@H](Cc1ccccc1)C(=O)N1CCC[C@H]1c1nc2cc3ccccc3cc2[nH]1. The summed E-state index contributed by atoms with van der Waals surface area (Å²) in [6.07, 6.45) is 2.49. The third-order valence-electron chi connectivity index (χ3n) is 6.42. The molecule has 0 bridgehead atoms. The minimum absolute atomic E-state index is 0.0496. The maximum Gasteiger partial charge on any atom is 0.233 e. The van der Waals surface area contributed by atoms with Crippen LogP contribution in [0.4, 0.5) is 0 Å². The summed E-state index contributed by atoms with van der Waals surface area (Å²) in [6, 6.07) is 21.8. The van der Waals surface area contributed by atoms with E-state index in [2.05, 4.69) is 29.2 Å². The molecule has 2 N–H and O–H groups in total. The molecule has 1 aliphatic rings. The molecule has 1 fully saturated rings. The predicted molar refractivity (Wildman–Crippen MR) is 125 cm³/mol. The number of rotatable bonds is 7. The molecule has 2 atom stereocenters. The molecule has 0 saturated carbocycles. The fraction of sp³-hybridized carbons (Fsp3) is 0.269. The number of imidazole rings is 1. The predicted octanol–water partition coefficient (Wildman–Crippen LogP) is 4.09. The number of carbonyl (C=O) groups is 2. The first-order valence-electron chi connectivity index (χ1n) is 11.3. The summed E-state index contributed by atoms with van der Waals surface area (Å²) in [5.41, 5.74) is 2.82. The molecule has 5 rings (SSSR count). The number of carbonyl (C=O) groups excluding carboxylic acids is 2. The number of nitrogens with zero attached hydrogens (tertiary/aromatic N) is 3.